The molecule has 0 saturated carbocycles. The van der Waals surface area contributed by atoms with Gasteiger partial charge in [0.25, 0.3) is 11.8 Å². The molecule has 8 nitrogen and oxygen atoms in total. The Bertz CT molecular complexity index is 1120. The van der Waals surface area contributed by atoms with Gasteiger partial charge in [-0.25, -0.2) is 4.98 Å². The zero-order valence-electron chi connectivity index (χ0n) is 17.1. The summed E-state index contributed by atoms with van der Waals surface area (Å²) >= 11 is 0. The number of fused-ring (bicyclic) bond motifs is 2. The topological polar surface area (TPSA) is 97.2 Å². The summed E-state index contributed by atoms with van der Waals surface area (Å²) in [6.07, 6.45) is 1.49. The summed E-state index contributed by atoms with van der Waals surface area (Å²) in [6.45, 7) is 4.04. The van der Waals surface area contributed by atoms with Gasteiger partial charge in [-0.3, -0.25) is 24.3 Å². The summed E-state index contributed by atoms with van der Waals surface area (Å²) in [5.74, 6) is -0.242. The van der Waals surface area contributed by atoms with E-state index in [9.17, 15) is 14.4 Å². The van der Waals surface area contributed by atoms with E-state index in [0.717, 1.165) is 21.8 Å². The molecule has 3 heterocycles. The van der Waals surface area contributed by atoms with E-state index in [1.165, 1.54) is 6.20 Å². The van der Waals surface area contributed by atoms with Gasteiger partial charge in [-0.05, 0) is 30.2 Å². The van der Waals surface area contributed by atoms with Gasteiger partial charge in [0.05, 0.1) is 22.6 Å². The Morgan fingerprint density at radius 1 is 1.10 bits per heavy atom. The van der Waals surface area contributed by atoms with Gasteiger partial charge in [-0.2, -0.15) is 0 Å². The molecule has 1 aromatic carbocycles. The van der Waals surface area contributed by atoms with E-state index in [0.29, 0.717) is 0 Å². The third-order valence-electron chi connectivity index (χ3n) is 5.38. The normalized spacial score (nSPS) is 14.5. The summed E-state index contributed by atoms with van der Waals surface area (Å²) in [5, 5.41) is 3.02. The van der Waals surface area contributed by atoms with E-state index < -0.39 is 11.8 Å². The van der Waals surface area contributed by atoms with Gasteiger partial charge in [0.15, 0.2) is 0 Å². The molecule has 0 radical (unpaired) electrons. The number of carbonyl (C=O) groups excluding carboxylic acids is 3. The Kier molecular flexibility index (Phi) is 5.07. The van der Waals surface area contributed by atoms with E-state index in [4.69, 9.17) is 4.98 Å². The lowest BCUT2D eigenvalue weighted by Gasteiger charge is -2.23. The Morgan fingerprint density at radius 3 is 2.57 bits per heavy atom. The number of nitrogens with zero attached hydrogens (tertiary/aromatic N) is 4. The number of imidazole rings is 1. The van der Waals surface area contributed by atoms with Crippen LogP contribution in [0.2, 0.25) is 0 Å². The average molecular weight is 405 g/mol. The second kappa shape index (κ2) is 7.70. The molecule has 30 heavy (non-hydrogen) atoms. The molecule has 0 fully saturated rings. The fraction of sp³-hybridized carbons (Fsp3) is 0.318. The van der Waals surface area contributed by atoms with Crippen molar-refractivity contribution >= 4 is 28.8 Å². The minimum atomic E-state index is -0.459. The number of hydrogen-bond acceptors (Lipinski definition) is 5. The predicted octanol–water partition coefficient (Wildman–Crippen LogP) is 2.47. The first-order valence-corrected chi connectivity index (χ1v) is 9.90. The SMILES string of the molecule is CC(C)[C@@H](NC(=O)CCN1C(=O)c2cccnc2C1=O)c1nc2ccccc2n1C. The lowest BCUT2D eigenvalue weighted by atomic mass is 10.0. The molecule has 3 amide bonds. The number of hydrogen-bond donors (Lipinski definition) is 1. The van der Waals surface area contributed by atoms with Crippen molar-refractivity contribution in [2.45, 2.75) is 26.3 Å². The van der Waals surface area contributed by atoms with Crippen molar-refractivity contribution in [3.8, 4) is 0 Å². The Labute approximate surface area is 173 Å². The molecule has 8 heteroatoms. The zero-order chi connectivity index (χ0) is 21.4. The van der Waals surface area contributed by atoms with Gasteiger partial charge in [-0.15, -0.1) is 0 Å². The lowest BCUT2D eigenvalue weighted by molar-refractivity contribution is -0.122. The molecular formula is C22H23N5O3. The van der Waals surface area contributed by atoms with Gasteiger partial charge in [0.1, 0.15) is 11.5 Å². The molecule has 1 N–H and O–H groups in total. The highest BCUT2D eigenvalue weighted by molar-refractivity contribution is 6.20. The van der Waals surface area contributed by atoms with Gasteiger partial charge in [-0.1, -0.05) is 26.0 Å². The Morgan fingerprint density at radius 2 is 1.87 bits per heavy atom. The Balaban J connectivity index is 1.46. The first-order valence-electron chi connectivity index (χ1n) is 9.90. The quantitative estimate of drug-likeness (QED) is 0.636. The molecule has 0 aliphatic carbocycles. The van der Waals surface area contributed by atoms with Crippen LogP contribution in [0.4, 0.5) is 0 Å². The third kappa shape index (κ3) is 3.34. The van der Waals surface area contributed by atoms with Crippen LogP contribution in [0.5, 0.6) is 0 Å². The molecule has 1 aliphatic heterocycles. The van der Waals surface area contributed by atoms with Crippen molar-refractivity contribution in [3.63, 3.8) is 0 Å². The monoisotopic (exact) mass is 405 g/mol. The zero-order valence-corrected chi connectivity index (χ0v) is 17.1. The van der Waals surface area contributed by atoms with Gasteiger partial charge in [0, 0.05) is 26.2 Å². The summed E-state index contributed by atoms with van der Waals surface area (Å²) in [5.41, 5.74) is 2.28. The summed E-state index contributed by atoms with van der Waals surface area (Å²) in [7, 11) is 1.93. The van der Waals surface area contributed by atoms with E-state index in [2.05, 4.69) is 10.3 Å². The maximum absolute atomic E-state index is 12.7. The fourth-order valence-electron chi connectivity index (χ4n) is 3.75. The number of aryl methyl sites for hydroxylation is 1. The van der Waals surface area contributed by atoms with Crippen LogP contribution < -0.4 is 5.32 Å². The minimum Gasteiger partial charge on any atom is -0.346 e. The molecule has 0 saturated heterocycles. The smallest absolute Gasteiger partial charge is 0.280 e. The number of rotatable bonds is 6. The van der Waals surface area contributed by atoms with Crippen LogP contribution in [-0.2, 0) is 11.8 Å². The van der Waals surface area contributed by atoms with Crippen LogP contribution in [0.25, 0.3) is 11.0 Å². The highest BCUT2D eigenvalue weighted by Gasteiger charge is 2.36. The van der Waals surface area contributed by atoms with E-state index in [1.807, 2.05) is 49.7 Å². The van der Waals surface area contributed by atoms with Crippen molar-refractivity contribution in [3.05, 3.63) is 59.7 Å². The first-order chi connectivity index (χ1) is 14.4. The number of carbonyl (C=O) groups is 3. The highest BCUT2D eigenvalue weighted by Crippen LogP contribution is 2.25. The minimum absolute atomic E-state index is 0.00716. The van der Waals surface area contributed by atoms with Crippen LogP contribution in [0.15, 0.2) is 42.6 Å². The lowest BCUT2D eigenvalue weighted by Crippen LogP contribution is -2.37. The molecule has 0 spiro atoms. The number of amides is 3. The van der Waals surface area contributed by atoms with Crippen LogP contribution in [0, 0.1) is 5.92 Å². The molecule has 0 bridgehead atoms. The molecule has 2 aromatic heterocycles. The van der Waals surface area contributed by atoms with Gasteiger partial charge >= 0.3 is 0 Å². The first kappa shape index (κ1) is 19.8. The van der Waals surface area contributed by atoms with Gasteiger partial charge in [0.2, 0.25) is 5.91 Å². The van der Waals surface area contributed by atoms with Crippen LogP contribution in [0.3, 0.4) is 0 Å². The van der Waals surface area contributed by atoms with Crippen molar-refractivity contribution < 1.29 is 14.4 Å². The molecular weight excluding hydrogens is 382 g/mol. The van der Waals surface area contributed by atoms with Crippen molar-refractivity contribution in [1.29, 1.82) is 0 Å². The average Bonchev–Trinajstić information content (AvgIpc) is 3.19. The molecule has 154 valence electrons. The van der Waals surface area contributed by atoms with E-state index >= 15 is 0 Å². The molecule has 4 rings (SSSR count). The van der Waals surface area contributed by atoms with Crippen molar-refractivity contribution in [2.24, 2.45) is 13.0 Å². The van der Waals surface area contributed by atoms with Crippen LogP contribution in [0.1, 0.15) is 53.0 Å². The van der Waals surface area contributed by atoms with Gasteiger partial charge < -0.3 is 9.88 Å². The molecule has 0 unspecified atom stereocenters. The van der Waals surface area contributed by atoms with Crippen molar-refractivity contribution in [1.82, 2.24) is 24.8 Å². The number of pyridine rings is 1. The largest absolute Gasteiger partial charge is 0.346 e. The highest BCUT2D eigenvalue weighted by atomic mass is 16.2. The number of nitrogens with one attached hydrogen (secondary N) is 1. The summed E-state index contributed by atoms with van der Waals surface area (Å²) in [6, 6.07) is 10.7. The number of aromatic nitrogens is 3. The van der Waals surface area contributed by atoms with Crippen LogP contribution in [-0.4, -0.2) is 43.7 Å². The maximum atomic E-state index is 12.7. The predicted molar refractivity (Wildman–Crippen MR) is 111 cm³/mol. The second-order valence-corrected chi connectivity index (χ2v) is 7.72. The number of para-hydroxylation sites is 2. The second-order valence-electron chi connectivity index (χ2n) is 7.72. The summed E-state index contributed by atoms with van der Waals surface area (Å²) < 4.78 is 1.98. The standard InChI is InChI=1S/C22H23N5O3/c1-13(2)18(20-24-15-8-4-5-9-16(15)26(20)3)25-17(28)10-12-27-21(29)14-7-6-11-23-19(14)22(27)30/h4-9,11,13,18H,10,12H2,1-3H3,(H,25,28)/t18-/m1/s1. The molecule has 3 aromatic rings. The molecule has 1 atom stereocenters. The van der Waals surface area contributed by atoms with E-state index in [1.54, 1.807) is 12.1 Å². The Hall–Kier alpha value is -3.55. The van der Waals surface area contributed by atoms with E-state index in [-0.39, 0.29) is 42.1 Å². The number of imide groups is 1. The number of benzene rings is 1. The van der Waals surface area contributed by atoms with Crippen LogP contribution >= 0.6 is 0 Å². The summed E-state index contributed by atoms with van der Waals surface area (Å²) in [4.78, 5) is 47.3. The molecule has 1 aliphatic rings. The van der Waals surface area contributed by atoms with Crippen molar-refractivity contribution in [2.75, 3.05) is 6.54 Å². The fourth-order valence-corrected chi connectivity index (χ4v) is 3.75. The maximum Gasteiger partial charge on any atom is 0.280 e. The third-order valence-corrected chi connectivity index (χ3v) is 5.38.